The van der Waals surface area contributed by atoms with E-state index in [4.69, 9.17) is 4.74 Å². The second-order valence-corrected chi connectivity index (χ2v) is 7.69. The molecule has 5 rings (SSSR count). The summed E-state index contributed by atoms with van der Waals surface area (Å²) in [6.07, 6.45) is 7.40. The van der Waals surface area contributed by atoms with Gasteiger partial charge in [-0.1, -0.05) is 0 Å². The van der Waals surface area contributed by atoms with Crippen LogP contribution in [0.1, 0.15) is 18.9 Å². The molecular formula is C20H24N6O2. The first kappa shape index (κ1) is 17.2. The monoisotopic (exact) mass is 380 g/mol. The number of amides is 1. The lowest BCUT2D eigenvalue weighted by Crippen LogP contribution is -2.38. The van der Waals surface area contributed by atoms with E-state index in [1.165, 1.54) is 10.9 Å². The number of hydrogen-bond acceptors (Lipinski definition) is 5. The van der Waals surface area contributed by atoms with Gasteiger partial charge in [0.1, 0.15) is 12.7 Å². The van der Waals surface area contributed by atoms with Crippen molar-refractivity contribution in [2.75, 3.05) is 19.7 Å². The van der Waals surface area contributed by atoms with Crippen LogP contribution in [0.2, 0.25) is 0 Å². The van der Waals surface area contributed by atoms with Crippen LogP contribution in [0.3, 0.4) is 0 Å². The molecule has 2 N–H and O–H groups in total. The zero-order valence-corrected chi connectivity index (χ0v) is 15.8. The van der Waals surface area contributed by atoms with Gasteiger partial charge in [-0.05, 0) is 49.4 Å². The maximum atomic E-state index is 12.0. The molecule has 2 fully saturated rings. The largest absolute Gasteiger partial charge is 0.450 e. The highest BCUT2D eigenvalue weighted by Gasteiger charge is 2.42. The van der Waals surface area contributed by atoms with Gasteiger partial charge in [0.15, 0.2) is 0 Å². The van der Waals surface area contributed by atoms with Gasteiger partial charge in [-0.3, -0.25) is 4.57 Å². The van der Waals surface area contributed by atoms with Crippen LogP contribution in [-0.4, -0.2) is 62.5 Å². The van der Waals surface area contributed by atoms with Crippen LogP contribution in [0.15, 0.2) is 37.1 Å². The highest BCUT2D eigenvalue weighted by Crippen LogP contribution is 2.31. The van der Waals surface area contributed by atoms with Crippen molar-refractivity contribution in [3.8, 4) is 5.69 Å². The van der Waals surface area contributed by atoms with Crippen LogP contribution >= 0.6 is 0 Å². The van der Waals surface area contributed by atoms with Gasteiger partial charge < -0.3 is 19.9 Å². The Bertz CT molecular complexity index is 968. The molecule has 3 unspecified atom stereocenters. The van der Waals surface area contributed by atoms with Gasteiger partial charge in [-0.2, -0.15) is 0 Å². The minimum absolute atomic E-state index is 0.187. The summed E-state index contributed by atoms with van der Waals surface area (Å²) < 4.78 is 7.05. The maximum absolute atomic E-state index is 12.0. The molecular weight excluding hydrogens is 356 g/mol. The van der Waals surface area contributed by atoms with Crippen molar-refractivity contribution in [3.05, 3.63) is 42.6 Å². The highest BCUT2D eigenvalue weighted by molar-refractivity contribution is 5.85. The molecule has 8 nitrogen and oxygen atoms in total. The molecule has 0 spiro atoms. The number of fused-ring (bicyclic) bond motifs is 2. The van der Waals surface area contributed by atoms with Crippen LogP contribution < -0.4 is 5.32 Å². The number of nitrogens with zero attached hydrogens (tertiary/aromatic N) is 4. The number of H-pyrrole nitrogens is 1. The first-order chi connectivity index (χ1) is 13.7. The highest BCUT2D eigenvalue weighted by atomic mass is 16.6. The van der Waals surface area contributed by atoms with E-state index in [1.54, 1.807) is 12.7 Å². The summed E-state index contributed by atoms with van der Waals surface area (Å²) in [5.41, 5.74) is 3.50. The summed E-state index contributed by atoms with van der Waals surface area (Å²) >= 11 is 0. The second kappa shape index (κ2) is 6.94. The molecule has 3 aromatic rings. The fourth-order valence-corrected chi connectivity index (χ4v) is 4.64. The Labute approximate surface area is 162 Å². The number of nitrogens with one attached hydrogen (secondary N) is 2. The SMILES string of the molecule is CCOC(=O)N1CC2CC(Cc3c[nH]c4ccc(-n5cnnc5)cc34)NC2C1. The van der Waals surface area contributed by atoms with E-state index in [1.807, 2.05) is 16.4 Å². The Morgan fingerprint density at radius 1 is 1.29 bits per heavy atom. The molecule has 2 aliphatic heterocycles. The Morgan fingerprint density at radius 2 is 2.14 bits per heavy atom. The van der Waals surface area contributed by atoms with E-state index < -0.39 is 0 Å². The van der Waals surface area contributed by atoms with Gasteiger partial charge in [-0.25, -0.2) is 4.79 Å². The van der Waals surface area contributed by atoms with E-state index in [0.29, 0.717) is 24.6 Å². The van der Waals surface area contributed by atoms with Crippen molar-refractivity contribution in [1.29, 1.82) is 0 Å². The van der Waals surface area contributed by atoms with Gasteiger partial charge in [0.25, 0.3) is 0 Å². The predicted octanol–water partition coefficient (Wildman–Crippen LogP) is 2.11. The number of ether oxygens (including phenoxy) is 1. The summed E-state index contributed by atoms with van der Waals surface area (Å²) in [7, 11) is 0. The number of aromatic amines is 1. The van der Waals surface area contributed by atoms with Crippen LogP contribution in [0.4, 0.5) is 4.79 Å². The smallest absolute Gasteiger partial charge is 0.409 e. The average molecular weight is 380 g/mol. The van der Waals surface area contributed by atoms with Crippen LogP contribution in [0, 0.1) is 5.92 Å². The van der Waals surface area contributed by atoms with Gasteiger partial charge >= 0.3 is 6.09 Å². The first-order valence-corrected chi connectivity index (χ1v) is 9.84. The molecule has 2 aliphatic rings. The van der Waals surface area contributed by atoms with E-state index in [9.17, 15) is 4.79 Å². The molecule has 0 saturated carbocycles. The quantitative estimate of drug-likeness (QED) is 0.724. The summed E-state index contributed by atoms with van der Waals surface area (Å²) in [5.74, 6) is 0.507. The Morgan fingerprint density at radius 3 is 2.93 bits per heavy atom. The summed E-state index contributed by atoms with van der Waals surface area (Å²) in [6.45, 7) is 3.81. The zero-order valence-electron chi connectivity index (χ0n) is 15.8. The maximum Gasteiger partial charge on any atom is 0.409 e. The molecule has 0 radical (unpaired) electrons. The first-order valence-electron chi connectivity index (χ1n) is 9.84. The third-order valence-electron chi connectivity index (χ3n) is 5.94. The fourth-order valence-electron chi connectivity index (χ4n) is 4.64. The van der Waals surface area contributed by atoms with Gasteiger partial charge in [0, 0.05) is 48.0 Å². The fraction of sp³-hybridized carbons (Fsp3) is 0.450. The Kier molecular flexibility index (Phi) is 4.27. The number of likely N-dealkylation sites (tertiary alicyclic amines) is 1. The van der Waals surface area contributed by atoms with Crippen LogP contribution in [0.25, 0.3) is 16.6 Å². The summed E-state index contributed by atoms with van der Waals surface area (Å²) in [4.78, 5) is 17.2. The molecule has 0 aliphatic carbocycles. The molecule has 146 valence electrons. The Hall–Kier alpha value is -2.87. The molecule has 1 aromatic carbocycles. The molecule has 2 aromatic heterocycles. The number of benzene rings is 1. The Balaban J connectivity index is 1.28. The lowest BCUT2D eigenvalue weighted by atomic mass is 9.98. The molecule has 8 heteroatoms. The van der Waals surface area contributed by atoms with Crippen molar-refractivity contribution < 1.29 is 9.53 Å². The van der Waals surface area contributed by atoms with Gasteiger partial charge in [0.05, 0.1) is 6.61 Å². The third kappa shape index (κ3) is 3.03. The number of carbonyl (C=O) groups is 1. The average Bonchev–Trinajstić information content (AvgIpc) is 3.46. The molecule has 2 saturated heterocycles. The molecule has 3 atom stereocenters. The van der Waals surface area contributed by atoms with Crippen molar-refractivity contribution in [1.82, 2.24) is 30.0 Å². The van der Waals surface area contributed by atoms with E-state index in [2.05, 4.69) is 44.9 Å². The molecule has 0 bridgehead atoms. The van der Waals surface area contributed by atoms with E-state index in [-0.39, 0.29) is 6.09 Å². The number of carbonyl (C=O) groups excluding carboxylic acids is 1. The lowest BCUT2D eigenvalue weighted by molar-refractivity contribution is 0.113. The number of aromatic nitrogens is 4. The molecule has 4 heterocycles. The van der Waals surface area contributed by atoms with E-state index in [0.717, 1.165) is 37.1 Å². The minimum atomic E-state index is -0.187. The molecule has 28 heavy (non-hydrogen) atoms. The lowest BCUT2D eigenvalue weighted by Gasteiger charge is -2.19. The minimum Gasteiger partial charge on any atom is -0.450 e. The van der Waals surface area contributed by atoms with E-state index >= 15 is 0 Å². The predicted molar refractivity (Wildman–Crippen MR) is 104 cm³/mol. The standard InChI is InChI=1S/C20H24N6O2/c1-2-28-20(27)25-9-14-6-15(24-19(14)10-25)5-13-8-21-18-4-3-16(7-17(13)18)26-11-22-23-12-26/h3-4,7-8,11-12,14-15,19,21,24H,2,5-6,9-10H2,1H3. The zero-order chi connectivity index (χ0) is 19.1. The van der Waals surface area contributed by atoms with Crippen LogP contribution in [-0.2, 0) is 11.2 Å². The van der Waals surface area contributed by atoms with Gasteiger partial charge in [0.2, 0.25) is 0 Å². The van der Waals surface area contributed by atoms with Crippen LogP contribution in [0.5, 0.6) is 0 Å². The van der Waals surface area contributed by atoms with Crippen molar-refractivity contribution in [2.24, 2.45) is 5.92 Å². The third-order valence-corrected chi connectivity index (χ3v) is 5.94. The summed E-state index contributed by atoms with van der Waals surface area (Å²) in [6, 6.07) is 7.14. The van der Waals surface area contributed by atoms with Gasteiger partial charge in [-0.15, -0.1) is 10.2 Å². The number of hydrogen-bond donors (Lipinski definition) is 2. The normalized spacial score (nSPS) is 24.0. The molecule has 1 amide bonds. The van der Waals surface area contributed by atoms with Crippen molar-refractivity contribution in [2.45, 2.75) is 31.8 Å². The summed E-state index contributed by atoms with van der Waals surface area (Å²) in [5, 5.41) is 12.8. The topological polar surface area (TPSA) is 88.1 Å². The van der Waals surface area contributed by atoms with Crippen molar-refractivity contribution >= 4 is 17.0 Å². The number of rotatable bonds is 4. The van der Waals surface area contributed by atoms with Crippen molar-refractivity contribution in [3.63, 3.8) is 0 Å². The second-order valence-electron chi connectivity index (χ2n) is 7.69.